The monoisotopic (exact) mass is 341 g/mol. The third kappa shape index (κ3) is 2.90. The summed E-state index contributed by atoms with van der Waals surface area (Å²) in [6, 6.07) is 8.10. The third-order valence-electron chi connectivity index (χ3n) is 4.69. The highest BCUT2D eigenvalue weighted by atomic mass is 16.5. The standard InChI is InChI=1S/C20H23NO4/c1-11-6-7-12(2)13(8-11)14-9-17(22)21-15-10-16(23-3)19(24-4)20(25-5)18(14)15/h6-8,10,14H,9H2,1-5H3,(H,21,22)/t14-/m0/s1. The van der Waals surface area contributed by atoms with Crippen LogP contribution in [0, 0.1) is 13.8 Å². The van der Waals surface area contributed by atoms with E-state index in [1.54, 1.807) is 27.4 Å². The molecule has 0 bridgehead atoms. The number of amides is 1. The van der Waals surface area contributed by atoms with Gasteiger partial charge < -0.3 is 19.5 Å². The van der Waals surface area contributed by atoms with Gasteiger partial charge in [0.25, 0.3) is 0 Å². The van der Waals surface area contributed by atoms with Crippen molar-refractivity contribution >= 4 is 11.6 Å². The number of hydrogen-bond donors (Lipinski definition) is 1. The number of ether oxygens (including phenoxy) is 3. The number of carbonyl (C=O) groups excluding carboxylic acids is 1. The molecule has 5 heteroatoms. The Morgan fingerprint density at radius 3 is 2.36 bits per heavy atom. The highest BCUT2D eigenvalue weighted by Gasteiger charge is 2.34. The van der Waals surface area contributed by atoms with Gasteiger partial charge in [-0.3, -0.25) is 4.79 Å². The summed E-state index contributed by atoms with van der Waals surface area (Å²) in [6.07, 6.45) is 0.364. The van der Waals surface area contributed by atoms with Crippen molar-refractivity contribution in [3.63, 3.8) is 0 Å². The molecular weight excluding hydrogens is 318 g/mol. The second kappa shape index (κ2) is 6.67. The number of carbonyl (C=O) groups is 1. The lowest BCUT2D eigenvalue weighted by Gasteiger charge is -2.30. The SMILES string of the molecule is COc1cc2c(c(OC)c1OC)[C@H](c1cc(C)ccc1C)CC(=O)N2. The van der Waals surface area contributed by atoms with Crippen molar-refractivity contribution in [3.8, 4) is 17.2 Å². The summed E-state index contributed by atoms with van der Waals surface area (Å²) in [5.74, 6) is 1.55. The quantitative estimate of drug-likeness (QED) is 0.919. The summed E-state index contributed by atoms with van der Waals surface area (Å²) in [6.45, 7) is 4.12. The molecule has 0 saturated heterocycles. The van der Waals surface area contributed by atoms with E-state index in [1.807, 2.05) is 0 Å². The molecule has 1 aliphatic heterocycles. The van der Waals surface area contributed by atoms with Crippen molar-refractivity contribution in [3.05, 3.63) is 46.5 Å². The van der Waals surface area contributed by atoms with Crippen LogP contribution in [0.15, 0.2) is 24.3 Å². The maximum Gasteiger partial charge on any atom is 0.225 e. The number of fused-ring (bicyclic) bond motifs is 1. The number of rotatable bonds is 4. The van der Waals surface area contributed by atoms with Gasteiger partial charge in [0.15, 0.2) is 11.5 Å². The van der Waals surface area contributed by atoms with Crippen LogP contribution in [-0.2, 0) is 4.79 Å². The van der Waals surface area contributed by atoms with Crippen molar-refractivity contribution in [2.24, 2.45) is 0 Å². The summed E-state index contributed by atoms with van der Waals surface area (Å²) in [7, 11) is 4.76. The lowest BCUT2D eigenvalue weighted by atomic mass is 9.81. The lowest BCUT2D eigenvalue weighted by Crippen LogP contribution is -2.25. The number of anilines is 1. The third-order valence-corrected chi connectivity index (χ3v) is 4.69. The summed E-state index contributed by atoms with van der Waals surface area (Å²) >= 11 is 0. The maximum atomic E-state index is 12.3. The molecular formula is C20H23NO4. The molecule has 0 fully saturated rings. The van der Waals surface area contributed by atoms with Crippen LogP contribution >= 0.6 is 0 Å². The molecule has 0 spiro atoms. The highest BCUT2D eigenvalue weighted by molar-refractivity contribution is 5.97. The predicted octanol–water partition coefficient (Wildman–Crippen LogP) is 3.80. The van der Waals surface area contributed by atoms with Crippen LogP contribution in [0.1, 0.15) is 34.6 Å². The molecule has 0 unspecified atom stereocenters. The molecule has 1 heterocycles. The minimum absolute atomic E-state index is 0.0207. The molecule has 1 aliphatic rings. The Labute approximate surface area is 147 Å². The first-order chi connectivity index (χ1) is 12.0. The zero-order valence-corrected chi connectivity index (χ0v) is 15.2. The first kappa shape index (κ1) is 17.1. The number of nitrogens with one attached hydrogen (secondary N) is 1. The average Bonchev–Trinajstić information content (AvgIpc) is 2.61. The van der Waals surface area contributed by atoms with E-state index >= 15 is 0 Å². The van der Waals surface area contributed by atoms with Crippen LogP contribution in [0.5, 0.6) is 17.2 Å². The second-order valence-electron chi connectivity index (χ2n) is 6.27. The average molecular weight is 341 g/mol. The van der Waals surface area contributed by atoms with Gasteiger partial charge in [-0.25, -0.2) is 0 Å². The van der Waals surface area contributed by atoms with Crippen molar-refractivity contribution in [1.82, 2.24) is 0 Å². The van der Waals surface area contributed by atoms with Crippen LogP contribution in [0.25, 0.3) is 0 Å². The van der Waals surface area contributed by atoms with Crippen LogP contribution < -0.4 is 19.5 Å². The molecule has 0 saturated carbocycles. The van der Waals surface area contributed by atoms with Gasteiger partial charge in [-0.1, -0.05) is 23.8 Å². The van der Waals surface area contributed by atoms with Crippen molar-refractivity contribution in [2.75, 3.05) is 26.6 Å². The van der Waals surface area contributed by atoms with E-state index < -0.39 is 0 Å². The van der Waals surface area contributed by atoms with Crippen LogP contribution in [-0.4, -0.2) is 27.2 Å². The molecule has 0 aliphatic carbocycles. The fourth-order valence-corrected chi connectivity index (χ4v) is 3.52. The molecule has 3 rings (SSSR count). The highest BCUT2D eigenvalue weighted by Crippen LogP contribution is 2.51. The van der Waals surface area contributed by atoms with Gasteiger partial charge in [0.05, 0.1) is 27.0 Å². The Bertz CT molecular complexity index is 829. The van der Waals surface area contributed by atoms with E-state index in [0.717, 1.165) is 22.3 Å². The molecule has 2 aromatic rings. The largest absolute Gasteiger partial charge is 0.493 e. The number of hydrogen-bond acceptors (Lipinski definition) is 4. The lowest BCUT2D eigenvalue weighted by molar-refractivity contribution is -0.116. The molecule has 5 nitrogen and oxygen atoms in total. The number of benzene rings is 2. The molecule has 25 heavy (non-hydrogen) atoms. The van der Waals surface area contributed by atoms with E-state index in [-0.39, 0.29) is 11.8 Å². The zero-order chi connectivity index (χ0) is 18.1. The normalized spacial score (nSPS) is 16.0. The van der Waals surface area contributed by atoms with E-state index in [0.29, 0.717) is 29.4 Å². The van der Waals surface area contributed by atoms with E-state index in [1.165, 1.54) is 0 Å². The minimum atomic E-state index is -0.0987. The summed E-state index contributed by atoms with van der Waals surface area (Å²) in [4.78, 5) is 12.3. The Morgan fingerprint density at radius 2 is 1.72 bits per heavy atom. The van der Waals surface area contributed by atoms with Gasteiger partial charge >= 0.3 is 0 Å². The predicted molar refractivity (Wildman–Crippen MR) is 97.1 cm³/mol. The smallest absolute Gasteiger partial charge is 0.225 e. The minimum Gasteiger partial charge on any atom is -0.493 e. The summed E-state index contributed by atoms with van der Waals surface area (Å²) in [5, 5.41) is 2.94. The van der Waals surface area contributed by atoms with Gasteiger partial charge in [-0.15, -0.1) is 0 Å². The van der Waals surface area contributed by atoms with E-state index in [9.17, 15) is 4.79 Å². The fraction of sp³-hybridized carbons (Fsp3) is 0.350. The van der Waals surface area contributed by atoms with Gasteiger partial charge in [-0.2, -0.15) is 0 Å². The van der Waals surface area contributed by atoms with Gasteiger partial charge in [0.1, 0.15) is 0 Å². The number of aryl methyl sites for hydroxylation is 2. The Hall–Kier alpha value is -2.69. The number of methoxy groups -OCH3 is 3. The fourth-order valence-electron chi connectivity index (χ4n) is 3.52. The summed E-state index contributed by atoms with van der Waals surface area (Å²) < 4.78 is 16.6. The Morgan fingerprint density at radius 1 is 1.00 bits per heavy atom. The van der Waals surface area contributed by atoms with Crippen LogP contribution in [0.2, 0.25) is 0 Å². The van der Waals surface area contributed by atoms with Gasteiger partial charge in [0, 0.05) is 24.0 Å². The van der Waals surface area contributed by atoms with E-state index in [4.69, 9.17) is 14.2 Å². The van der Waals surface area contributed by atoms with Crippen LogP contribution in [0.3, 0.4) is 0 Å². The zero-order valence-electron chi connectivity index (χ0n) is 15.2. The van der Waals surface area contributed by atoms with Gasteiger partial charge in [0.2, 0.25) is 11.7 Å². The van der Waals surface area contributed by atoms with Gasteiger partial charge in [-0.05, 0) is 25.0 Å². The maximum absolute atomic E-state index is 12.3. The Balaban J connectivity index is 2.29. The van der Waals surface area contributed by atoms with Crippen LogP contribution in [0.4, 0.5) is 5.69 Å². The molecule has 0 radical (unpaired) electrons. The van der Waals surface area contributed by atoms with E-state index in [2.05, 4.69) is 37.4 Å². The molecule has 1 N–H and O–H groups in total. The molecule has 2 aromatic carbocycles. The van der Waals surface area contributed by atoms with Crippen molar-refractivity contribution in [2.45, 2.75) is 26.2 Å². The summed E-state index contributed by atoms with van der Waals surface area (Å²) in [5.41, 5.74) is 5.06. The first-order valence-corrected chi connectivity index (χ1v) is 8.20. The second-order valence-corrected chi connectivity index (χ2v) is 6.27. The molecule has 1 amide bonds. The molecule has 132 valence electrons. The van der Waals surface area contributed by atoms with Crippen molar-refractivity contribution in [1.29, 1.82) is 0 Å². The molecule has 0 aromatic heterocycles. The molecule has 1 atom stereocenters. The topological polar surface area (TPSA) is 56.8 Å². The van der Waals surface area contributed by atoms with Crippen molar-refractivity contribution < 1.29 is 19.0 Å². The Kier molecular flexibility index (Phi) is 4.57. The first-order valence-electron chi connectivity index (χ1n) is 8.20.